The van der Waals surface area contributed by atoms with Gasteiger partial charge in [0.15, 0.2) is 0 Å². The fourth-order valence-electron chi connectivity index (χ4n) is 4.58. The lowest BCUT2D eigenvalue weighted by molar-refractivity contribution is 0.0914. The smallest absolute Gasteiger partial charge is 0.251 e. The van der Waals surface area contributed by atoms with Crippen LogP contribution in [-0.4, -0.2) is 26.9 Å². The van der Waals surface area contributed by atoms with Gasteiger partial charge in [0.1, 0.15) is 0 Å². The number of hydrogen-bond acceptors (Lipinski definition) is 3. The maximum Gasteiger partial charge on any atom is 0.251 e. The van der Waals surface area contributed by atoms with E-state index in [2.05, 4.69) is 17.0 Å². The molecule has 1 amide bonds. The van der Waals surface area contributed by atoms with Crippen molar-refractivity contribution in [2.24, 2.45) is 17.8 Å². The summed E-state index contributed by atoms with van der Waals surface area (Å²) in [6.45, 7) is 5.97. The fraction of sp³-hybridized carbons (Fsp3) is 0.632. The fourth-order valence-corrected chi connectivity index (χ4v) is 5.65. The molecule has 138 valence electrons. The first kappa shape index (κ1) is 18.4. The van der Waals surface area contributed by atoms with Crippen LogP contribution < -0.4 is 10.0 Å². The van der Waals surface area contributed by atoms with Gasteiger partial charge in [-0.05, 0) is 68.6 Å². The summed E-state index contributed by atoms with van der Waals surface area (Å²) in [5, 5.41) is 3.12. The number of aryl methyl sites for hydroxylation is 1. The maximum atomic E-state index is 12.7. The molecule has 1 aromatic carbocycles. The van der Waals surface area contributed by atoms with Gasteiger partial charge < -0.3 is 5.32 Å². The molecule has 3 rings (SSSR count). The first-order chi connectivity index (χ1) is 11.8. The monoisotopic (exact) mass is 364 g/mol. The number of nitrogens with one attached hydrogen (secondary N) is 2. The third-order valence-corrected chi connectivity index (χ3v) is 7.44. The summed E-state index contributed by atoms with van der Waals surface area (Å²) in [5.74, 6) is 1.95. The Hall–Kier alpha value is -1.40. The number of fused-ring (bicyclic) bond motifs is 2. The summed E-state index contributed by atoms with van der Waals surface area (Å²) in [7, 11) is -3.56. The zero-order valence-corrected chi connectivity index (χ0v) is 16.0. The molecule has 6 heteroatoms. The Morgan fingerprint density at radius 1 is 1.28 bits per heavy atom. The van der Waals surface area contributed by atoms with Gasteiger partial charge in [0.2, 0.25) is 10.0 Å². The average molecular weight is 365 g/mol. The Morgan fingerprint density at radius 3 is 2.64 bits per heavy atom. The van der Waals surface area contributed by atoms with E-state index in [-0.39, 0.29) is 16.8 Å². The van der Waals surface area contributed by atoms with Crippen molar-refractivity contribution in [1.82, 2.24) is 10.0 Å². The molecule has 0 saturated heterocycles. The van der Waals surface area contributed by atoms with Crippen molar-refractivity contribution in [3.63, 3.8) is 0 Å². The molecule has 0 aliphatic heterocycles. The van der Waals surface area contributed by atoms with E-state index in [1.54, 1.807) is 19.1 Å². The van der Waals surface area contributed by atoms with E-state index in [0.717, 1.165) is 17.4 Å². The summed E-state index contributed by atoms with van der Waals surface area (Å²) in [6.07, 6.45) is 5.14. The van der Waals surface area contributed by atoms with Gasteiger partial charge in [-0.1, -0.05) is 19.4 Å². The first-order valence-electron chi connectivity index (χ1n) is 9.23. The highest BCUT2D eigenvalue weighted by molar-refractivity contribution is 7.89. The van der Waals surface area contributed by atoms with Crippen molar-refractivity contribution in [2.45, 2.75) is 57.4 Å². The maximum absolute atomic E-state index is 12.7. The highest BCUT2D eigenvalue weighted by atomic mass is 32.2. The topological polar surface area (TPSA) is 75.3 Å². The lowest BCUT2D eigenvalue weighted by Crippen LogP contribution is -2.40. The third-order valence-electron chi connectivity index (χ3n) is 5.89. The molecular weight excluding hydrogens is 336 g/mol. The van der Waals surface area contributed by atoms with Crippen molar-refractivity contribution < 1.29 is 13.2 Å². The molecule has 2 saturated carbocycles. The van der Waals surface area contributed by atoms with Crippen molar-refractivity contribution in [1.29, 1.82) is 0 Å². The van der Waals surface area contributed by atoms with E-state index in [9.17, 15) is 13.2 Å². The van der Waals surface area contributed by atoms with Crippen molar-refractivity contribution in [3.8, 4) is 0 Å². The predicted octanol–water partition coefficient (Wildman–Crippen LogP) is 2.85. The lowest BCUT2D eigenvalue weighted by Gasteiger charge is -2.28. The molecule has 0 spiro atoms. The Labute approximate surface area is 150 Å². The molecule has 0 radical (unpaired) electrons. The second-order valence-corrected chi connectivity index (χ2v) is 9.35. The van der Waals surface area contributed by atoms with Crippen LogP contribution in [0.5, 0.6) is 0 Å². The minimum atomic E-state index is -3.56. The molecule has 2 N–H and O–H groups in total. The number of hydrogen-bond donors (Lipinski definition) is 2. The van der Waals surface area contributed by atoms with E-state index in [1.165, 1.54) is 31.7 Å². The molecule has 5 nitrogen and oxygen atoms in total. The summed E-state index contributed by atoms with van der Waals surface area (Å²) < 4.78 is 26.9. The second kappa shape index (κ2) is 7.08. The average Bonchev–Trinajstić information content (AvgIpc) is 3.18. The molecule has 2 fully saturated rings. The summed E-state index contributed by atoms with van der Waals surface area (Å²) >= 11 is 0. The van der Waals surface area contributed by atoms with Crippen LogP contribution in [0.4, 0.5) is 0 Å². The highest BCUT2D eigenvalue weighted by Gasteiger charge is 2.42. The summed E-state index contributed by atoms with van der Waals surface area (Å²) in [5.41, 5.74) is 1.22. The van der Waals surface area contributed by atoms with Crippen LogP contribution in [0.15, 0.2) is 23.1 Å². The van der Waals surface area contributed by atoms with Gasteiger partial charge in [0.05, 0.1) is 4.90 Å². The standard InChI is InChI=1S/C19H28N2O3S/c1-4-20-25(23,24)16-8-5-12(2)17(11-16)19(22)21-13(3)18-10-14-6-7-15(18)9-14/h5,8,11,13-15,18,20H,4,6-7,9-10H2,1-3H3,(H,21,22). The SMILES string of the molecule is CCNS(=O)(=O)c1ccc(C)c(C(=O)NC(C)C2CC3CCC2C3)c1. The van der Waals surface area contributed by atoms with Gasteiger partial charge in [-0.25, -0.2) is 13.1 Å². The van der Waals surface area contributed by atoms with Gasteiger partial charge >= 0.3 is 0 Å². The molecule has 4 atom stereocenters. The molecule has 0 aromatic heterocycles. The van der Waals surface area contributed by atoms with E-state index < -0.39 is 10.0 Å². The minimum Gasteiger partial charge on any atom is -0.349 e. The van der Waals surface area contributed by atoms with E-state index in [0.29, 0.717) is 18.0 Å². The molecular formula is C19H28N2O3S. The van der Waals surface area contributed by atoms with Crippen LogP contribution in [0.2, 0.25) is 0 Å². The number of carbonyl (C=O) groups excluding carboxylic acids is 1. The molecule has 2 bridgehead atoms. The highest BCUT2D eigenvalue weighted by Crippen LogP contribution is 2.49. The van der Waals surface area contributed by atoms with Crippen LogP contribution in [0.3, 0.4) is 0 Å². The Morgan fingerprint density at radius 2 is 2.04 bits per heavy atom. The lowest BCUT2D eigenvalue weighted by atomic mass is 9.84. The van der Waals surface area contributed by atoms with Gasteiger partial charge in [0.25, 0.3) is 5.91 Å². The molecule has 2 aliphatic carbocycles. The quantitative estimate of drug-likeness (QED) is 0.815. The number of rotatable bonds is 6. The predicted molar refractivity (Wildman–Crippen MR) is 97.9 cm³/mol. The van der Waals surface area contributed by atoms with Gasteiger partial charge in [-0.15, -0.1) is 0 Å². The van der Waals surface area contributed by atoms with Crippen molar-refractivity contribution in [3.05, 3.63) is 29.3 Å². The van der Waals surface area contributed by atoms with E-state index >= 15 is 0 Å². The largest absolute Gasteiger partial charge is 0.349 e. The molecule has 4 unspecified atom stereocenters. The van der Waals surface area contributed by atoms with Gasteiger partial charge in [-0.3, -0.25) is 4.79 Å². The second-order valence-electron chi connectivity index (χ2n) is 7.58. The molecule has 0 heterocycles. The number of carbonyl (C=O) groups is 1. The minimum absolute atomic E-state index is 0.122. The van der Waals surface area contributed by atoms with Crippen LogP contribution in [0.1, 0.15) is 55.5 Å². The van der Waals surface area contributed by atoms with Gasteiger partial charge in [-0.2, -0.15) is 0 Å². The Kier molecular flexibility index (Phi) is 5.21. The Bertz CT molecular complexity index is 760. The van der Waals surface area contributed by atoms with E-state index in [1.807, 2.05) is 6.92 Å². The third kappa shape index (κ3) is 3.75. The summed E-state index contributed by atoms with van der Waals surface area (Å²) in [6, 6.07) is 4.84. The number of amides is 1. The van der Waals surface area contributed by atoms with Crippen molar-refractivity contribution >= 4 is 15.9 Å². The Balaban J connectivity index is 1.75. The summed E-state index contributed by atoms with van der Waals surface area (Å²) in [4.78, 5) is 12.9. The van der Waals surface area contributed by atoms with Crippen molar-refractivity contribution in [2.75, 3.05) is 6.54 Å². The van der Waals surface area contributed by atoms with Crippen LogP contribution in [-0.2, 0) is 10.0 Å². The van der Waals surface area contributed by atoms with Crippen LogP contribution >= 0.6 is 0 Å². The number of benzene rings is 1. The molecule has 25 heavy (non-hydrogen) atoms. The molecule has 1 aromatic rings. The zero-order chi connectivity index (χ0) is 18.2. The number of sulfonamides is 1. The molecule has 2 aliphatic rings. The van der Waals surface area contributed by atoms with Gasteiger partial charge in [0, 0.05) is 18.2 Å². The first-order valence-corrected chi connectivity index (χ1v) is 10.7. The van der Waals surface area contributed by atoms with Crippen LogP contribution in [0.25, 0.3) is 0 Å². The van der Waals surface area contributed by atoms with E-state index in [4.69, 9.17) is 0 Å². The van der Waals surface area contributed by atoms with Crippen LogP contribution in [0, 0.1) is 24.7 Å². The normalized spacial score (nSPS) is 26.6. The zero-order valence-electron chi connectivity index (χ0n) is 15.2.